The van der Waals surface area contributed by atoms with Crippen molar-refractivity contribution in [2.45, 2.75) is 12.8 Å². The van der Waals surface area contributed by atoms with Crippen LogP contribution >= 0.6 is 0 Å². The molecule has 0 aromatic heterocycles. The van der Waals surface area contributed by atoms with Crippen molar-refractivity contribution in [3.8, 4) is 5.75 Å². The molecule has 0 amide bonds. The largest absolute Gasteiger partial charge is 0.491 e. The van der Waals surface area contributed by atoms with Crippen LogP contribution in [0, 0.1) is 0 Å². The quantitative estimate of drug-likeness (QED) is 0.0827. The fourth-order valence-electron chi connectivity index (χ4n) is 2.77. The topological polar surface area (TPSA) is 155 Å². The van der Waals surface area contributed by atoms with Gasteiger partial charge in [-0.25, -0.2) is 4.79 Å². The molecule has 0 aliphatic heterocycles. The van der Waals surface area contributed by atoms with Crippen LogP contribution < -0.4 is 4.74 Å². The lowest BCUT2D eigenvalue weighted by atomic mass is 10.2. The normalized spacial score (nSPS) is 10.9. The Balaban J connectivity index is 1.68. The number of ether oxygens (including phenoxy) is 9. The molecule has 0 spiro atoms. The number of aliphatic carboxylic acids is 1. The van der Waals surface area contributed by atoms with Crippen LogP contribution in [0.3, 0.4) is 0 Å². The summed E-state index contributed by atoms with van der Waals surface area (Å²) in [7, 11) is 0. The fourth-order valence-corrected chi connectivity index (χ4v) is 2.77. The van der Waals surface area contributed by atoms with Gasteiger partial charge in [0.25, 0.3) is 0 Å². The molecular weight excluding hydrogens is 532 g/mol. The van der Waals surface area contributed by atoms with Crippen LogP contribution in [0.1, 0.15) is 12.8 Å². The minimum absolute atomic E-state index is 0.0180. The van der Waals surface area contributed by atoms with Gasteiger partial charge < -0.3 is 47.7 Å². The van der Waals surface area contributed by atoms with Gasteiger partial charge in [0, 0.05) is 6.42 Å². The summed E-state index contributed by atoms with van der Waals surface area (Å²) in [6.07, 6.45) is -0.653. The molecule has 40 heavy (non-hydrogen) atoms. The molecule has 0 unspecified atom stereocenters. The number of Topliss-reactive ketones (excluding diaryl/α,β-unsaturated/α-hetero) is 1. The molecule has 0 saturated carbocycles. The molecule has 0 aliphatic rings. The molecule has 1 aromatic rings. The van der Waals surface area contributed by atoms with E-state index in [4.69, 9.17) is 47.7 Å². The van der Waals surface area contributed by atoms with Crippen molar-refractivity contribution in [3.05, 3.63) is 30.3 Å². The van der Waals surface area contributed by atoms with Crippen LogP contribution in [-0.2, 0) is 52.3 Å². The van der Waals surface area contributed by atoms with E-state index in [1.54, 1.807) is 0 Å². The van der Waals surface area contributed by atoms with Gasteiger partial charge in [0.15, 0.2) is 0 Å². The lowest BCUT2D eigenvalue weighted by Gasteiger charge is -2.09. The van der Waals surface area contributed by atoms with Crippen molar-refractivity contribution in [3.63, 3.8) is 0 Å². The van der Waals surface area contributed by atoms with Crippen LogP contribution in [0.25, 0.3) is 0 Å². The minimum Gasteiger partial charge on any atom is -0.491 e. The number of rotatable bonds is 29. The van der Waals surface area contributed by atoms with E-state index in [9.17, 15) is 14.4 Å². The average Bonchev–Trinajstić information content (AvgIpc) is 2.96. The second-order valence-electron chi connectivity index (χ2n) is 7.90. The molecule has 0 atom stereocenters. The fraction of sp³-hybridized carbons (Fsp3) is 0.667. The highest BCUT2D eigenvalue weighted by atomic mass is 16.6. The van der Waals surface area contributed by atoms with E-state index in [2.05, 4.69) is 0 Å². The van der Waals surface area contributed by atoms with Gasteiger partial charge in [-0.2, -0.15) is 0 Å². The second-order valence-corrected chi connectivity index (χ2v) is 7.90. The van der Waals surface area contributed by atoms with Crippen LogP contribution in [0.15, 0.2) is 30.3 Å². The van der Waals surface area contributed by atoms with Crippen molar-refractivity contribution in [1.29, 1.82) is 0 Å². The minimum atomic E-state index is -1.56. The van der Waals surface area contributed by atoms with E-state index in [0.717, 1.165) is 5.75 Å². The van der Waals surface area contributed by atoms with Crippen molar-refractivity contribution in [2.24, 2.45) is 0 Å². The third-order valence-corrected chi connectivity index (χ3v) is 4.76. The molecule has 1 N–H and O–H groups in total. The Morgan fingerprint density at radius 2 is 0.875 bits per heavy atom. The molecule has 0 saturated heterocycles. The van der Waals surface area contributed by atoms with Crippen LogP contribution in [0.2, 0.25) is 0 Å². The number of carboxylic acids is 1. The van der Waals surface area contributed by atoms with E-state index in [0.29, 0.717) is 92.5 Å². The molecule has 13 heteroatoms. The lowest BCUT2D eigenvalue weighted by molar-refractivity contribution is -0.151. The zero-order chi connectivity index (χ0) is 28.9. The second kappa shape index (κ2) is 26.6. The molecule has 1 rings (SSSR count). The van der Waals surface area contributed by atoms with Gasteiger partial charge in [-0.05, 0) is 12.1 Å². The summed E-state index contributed by atoms with van der Waals surface area (Å²) >= 11 is 0. The standard InChI is InChI=1S/C27H42O13/c28-25(27(30)31)6-7-26(29)40-23-21-38-19-17-36-15-13-34-11-9-32-8-10-33-12-14-35-16-18-37-20-22-39-24-4-2-1-3-5-24/h1-5H,6-23H2,(H,30,31). The maximum absolute atomic E-state index is 11.3. The average molecular weight is 575 g/mol. The highest BCUT2D eigenvalue weighted by Gasteiger charge is 2.14. The first-order valence-corrected chi connectivity index (χ1v) is 13.2. The van der Waals surface area contributed by atoms with Crippen LogP contribution in [0.4, 0.5) is 0 Å². The highest BCUT2D eigenvalue weighted by Crippen LogP contribution is 2.07. The van der Waals surface area contributed by atoms with Crippen LogP contribution in [-0.4, -0.2) is 129 Å². The molecule has 13 nitrogen and oxygen atoms in total. The summed E-state index contributed by atoms with van der Waals surface area (Å²) in [6.45, 7) is 6.54. The smallest absolute Gasteiger partial charge is 0.372 e. The van der Waals surface area contributed by atoms with Crippen molar-refractivity contribution in [2.75, 3.05) is 106 Å². The first-order chi connectivity index (χ1) is 19.6. The van der Waals surface area contributed by atoms with Gasteiger partial charge in [0.05, 0.1) is 98.9 Å². The van der Waals surface area contributed by atoms with E-state index in [-0.39, 0.29) is 26.1 Å². The number of carbonyl (C=O) groups is 3. The zero-order valence-electron chi connectivity index (χ0n) is 23.0. The van der Waals surface area contributed by atoms with Crippen LogP contribution in [0.5, 0.6) is 5.75 Å². The third-order valence-electron chi connectivity index (χ3n) is 4.76. The monoisotopic (exact) mass is 574 g/mol. The number of carbonyl (C=O) groups excluding carboxylic acids is 2. The lowest BCUT2D eigenvalue weighted by Crippen LogP contribution is -2.17. The van der Waals surface area contributed by atoms with E-state index in [1.807, 2.05) is 30.3 Å². The molecule has 0 radical (unpaired) electrons. The highest BCUT2D eigenvalue weighted by molar-refractivity contribution is 6.32. The summed E-state index contributed by atoms with van der Waals surface area (Å²) in [5, 5.41) is 8.42. The molecule has 0 fully saturated rings. The van der Waals surface area contributed by atoms with Crippen molar-refractivity contribution in [1.82, 2.24) is 0 Å². The Kier molecular flexibility index (Phi) is 23.5. The Labute approximate surface area is 234 Å². The first-order valence-electron chi connectivity index (χ1n) is 13.2. The summed E-state index contributed by atoms with van der Waals surface area (Å²) in [4.78, 5) is 32.6. The maximum Gasteiger partial charge on any atom is 0.372 e. The Morgan fingerprint density at radius 1 is 0.500 bits per heavy atom. The molecule has 0 aliphatic carbocycles. The first kappa shape index (κ1) is 35.4. The molecule has 1 aromatic carbocycles. The Hall–Kier alpha value is -2.65. The summed E-state index contributed by atoms with van der Waals surface area (Å²) < 4.78 is 48.1. The van der Waals surface area contributed by atoms with Gasteiger partial charge in [-0.3, -0.25) is 9.59 Å². The molecule has 0 heterocycles. The third kappa shape index (κ3) is 23.3. The molecular formula is C27H42O13. The Bertz CT molecular complexity index is 760. The Morgan fingerprint density at radius 3 is 1.27 bits per heavy atom. The van der Waals surface area contributed by atoms with Gasteiger partial charge in [0.2, 0.25) is 5.78 Å². The summed E-state index contributed by atoms with van der Waals surface area (Å²) in [5.41, 5.74) is 0. The van der Waals surface area contributed by atoms with Crippen molar-refractivity contribution >= 4 is 17.7 Å². The van der Waals surface area contributed by atoms with Crippen molar-refractivity contribution < 1.29 is 62.1 Å². The van der Waals surface area contributed by atoms with Gasteiger partial charge >= 0.3 is 11.9 Å². The van der Waals surface area contributed by atoms with Gasteiger partial charge in [-0.15, -0.1) is 0 Å². The number of ketones is 1. The van der Waals surface area contributed by atoms with E-state index < -0.39 is 17.7 Å². The molecule has 228 valence electrons. The van der Waals surface area contributed by atoms with E-state index in [1.165, 1.54) is 0 Å². The number of esters is 1. The maximum atomic E-state index is 11.3. The summed E-state index contributed by atoms with van der Waals surface area (Å²) in [6, 6.07) is 9.60. The summed E-state index contributed by atoms with van der Waals surface area (Å²) in [5.74, 6) is -2.40. The number of hydrogen-bond donors (Lipinski definition) is 1. The number of para-hydroxylation sites is 1. The SMILES string of the molecule is O=C(CCC(=O)C(=O)O)OCCOCCOCCOCCOCCOCCOCCOCCOc1ccccc1. The molecule has 0 bridgehead atoms. The number of hydrogen-bond acceptors (Lipinski definition) is 12. The number of benzene rings is 1. The van der Waals surface area contributed by atoms with Gasteiger partial charge in [-0.1, -0.05) is 18.2 Å². The van der Waals surface area contributed by atoms with Gasteiger partial charge in [0.1, 0.15) is 19.0 Å². The van der Waals surface area contributed by atoms with E-state index >= 15 is 0 Å². The predicted molar refractivity (Wildman–Crippen MR) is 141 cm³/mol. The predicted octanol–water partition coefficient (Wildman–Crippen LogP) is 1.16. The number of carboxylic acid groups (broad SMARTS) is 1. The zero-order valence-corrected chi connectivity index (χ0v) is 23.0.